The number of nitrogens with zero attached hydrogens (tertiary/aromatic N) is 1. The summed E-state index contributed by atoms with van der Waals surface area (Å²) < 4.78 is 17.3. The summed E-state index contributed by atoms with van der Waals surface area (Å²) in [5.74, 6) is 1.88. The molecule has 11 heavy (non-hydrogen) atoms. The average Bonchev–Trinajstić information content (AvgIpc) is 2.05. The van der Waals surface area contributed by atoms with Gasteiger partial charge in [-0.15, -0.1) is 6.42 Å². The molecule has 0 spiro atoms. The van der Waals surface area contributed by atoms with E-state index in [1.54, 1.807) is 0 Å². The van der Waals surface area contributed by atoms with Crippen LogP contribution in [0.2, 0.25) is 0 Å². The summed E-state index contributed by atoms with van der Waals surface area (Å²) in [6, 6.07) is 1.37. The van der Waals surface area contributed by atoms with Crippen molar-refractivity contribution in [2.45, 2.75) is 0 Å². The van der Waals surface area contributed by atoms with Gasteiger partial charge in [-0.2, -0.15) is 0 Å². The second-order valence-electron chi connectivity index (χ2n) is 1.85. The molecule has 2 nitrogen and oxygen atoms in total. The van der Waals surface area contributed by atoms with Gasteiger partial charge in [0.05, 0.1) is 13.3 Å². The van der Waals surface area contributed by atoms with Crippen molar-refractivity contribution in [3.05, 3.63) is 23.8 Å². The maximum atomic E-state index is 12.7. The molecule has 0 radical (unpaired) electrons. The summed E-state index contributed by atoms with van der Waals surface area (Å²) in [7, 11) is 1.37. The second-order valence-corrected chi connectivity index (χ2v) is 1.85. The van der Waals surface area contributed by atoms with Crippen molar-refractivity contribution in [2.75, 3.05) is 7.11 Å². The molecule has 0 aliphatic carbocycles. The lowest BCUT2D eigenvalue weighted by atomic mass is 10.3. The van der Waals surface area contributed by atoms with E-state index < -0.39 is 5.82 Å². The van der Waals surface area contributed by atoms with Crippen LogP contribution in [0.3, 0.4) is 0 Å². The molecule has 1 aromatic rings. The Labute approximate surface area is 64.0 Å². The molecule has 0 aliphatic rings. The maximum Gasteiger partial charge on any atom is 0.183 e. The fourth-order valence-electron chi connectivity index (χ4n) is 0.656. The van der Waals surface area contributed by atoms with Gasteiger partial charge in [-0.05, 0) is 0 Å². The van der Waals surface area contributed by atoms with E-state index in [0.717, 1.165) is 6.20 Å². The highest BCUT2D eigenvalue weighted by Gasteiger charge is 2.01. The smallest absolute Gasteiger partial charge is 0.183 e. The summed E-state index contributed by atoms with van der Waals surface area (Å²) in [6.45, 7) is 0. The number of halogens is 1. The first-order valence-corrected chi connectivity index (χ1v) is 2.94. The van der Waals surface area contributed by atoms with Gasteiger partial charge in [0.25, 0.3) is 0 Å². The van der Waals surface area contributed by atoms with E-state index in [4.69, 9.17) is 6.42 Å². The first kappa shape index (κ1) is 7.55. The molecule has 0 unspecified atom stereocenters. The van der Waals surface area contributed by atoms with Crippen LogP contribution < -0.4 is 4.74 Å². The molecule has 0 aromatic carbocycles. The molecule has 0 bridgehead atoms. The van der Waals surface area contributed by atoms with Crippen LogP contribution in [0.1, 0.15) is 5.69 Å². The van der Waals surface area contributed by atoms with Gasteiger partial charge in [-0.1, -0.05) is 5.92 Å². The average molecular weight is 151 g/mol. The van der Waals surface area contributed by atoms with Gasteiger partial charge in [0.2, 0.25) is 0 Å². The molecule has 56 valence electrons. The quantitative estimate of drug-likeness (QED) is 0.563. The normalized spacial score (nSPS) is 8.82. The van der Waals surface area contributed by atoms with Crippen molar-refractivity contribution in [1.29, 1.82) is 0 Å². The Morgan fingerprint density at radius 2 is 2.45 bits per heavy atom. The largest absolute Gasteiger partial charge is 0.494 e. The highest BCUT2D eigenvalue weighted by atomic mass is 19.1. The molecule has 1 heterocycles. The molecule has 0 atom stereocenters. The zero-order valence-corrected chi connectivity index (χ0v) is 5.97. The van der Waals surface area contributed by atoms with Crippen LogP contribution in [0.15, 0.2) is 12.3 Å². The van der Waals surface area contributed by atoms with E-state index >= 15 is 0 Å². The van der Waals surface area contributed by atoms with Crippen LogP contribution >= 0.6 is 0 Å². The molecule has 0 N–H and O–H groups in total. The van der Waals surface area contributed by atoms with Crippen LogP contribution in [0.4, 0.5) is 4.39 Å². The van der Waals surface area contributed by atoms with E-state index in [2.05, 4.69) is 15.6 Å². The molecule has 0 fully saturated rings. The minimum atomic E-state index is -0.508. The molecular formula is C8H6FNO. The molecule has 0 aliphatic heterocycles. The number of methoxy groups -OCH3 is 1. The predicted molar refractivity (Wildman–Crippen MR) is 38.7 cm³/mol. The third kappa shape index (κ3) is 1.47. The van der Waals surface area contributed by atoms with E-state index in [-0.39, 0.29) is 5.75 Å². The van der Waals surface area contributed by atoms with Gasteiger partial charge < -0.3 is 4.74 Å². The number of terminal acetylenes is 1. The van der Waals surface area contributed by atoms with Crippen LogP contribution in [0, 0.1) is 18.2 Å². The van der Waals surface area contributed by atoms with Crippen LogP contribution in [-0.4, -0.2) is 12.1 Å². The third-order valence-corrected chi connectivity index (χ3v) is 1.19. The molecule has 0 saturated carbocycles. The topological polar surface area (TPSA) is 22.1 Å². The Hall–Kier alpha value is -1.56. The third-order valence-electron chi connectivity index (χ3n) is 1.19. The van der Waals surface area contributed by atoms with Crippen LogP contribution in [0.25, 0.3) is 0 Å². The lowest BCUT2D eigenvalue weighted by molar-refractivity contribution is 0.385. The fraction of sp³-hybridized carbons (Fsp3) is 0.125. The minimum absolute atomic E-state index is 0.118. The number of aromatic nitrogens is 1. The lowest BCUT2D eigenvalue weighted by Crippen LogP contribution is -1.91. The van der Waals surface area contributed by atoms with Gasteiger partial charge in [0.1, 0.15) is 5.69 Å². The van der Waals surface area contributed by atoms with Crippen molar-refractivity contribution in [1.82, 2.24) is 4.98 Å². The van der Waals surface area contributed by atoms with Crippen molar-refractivity contribution < 1.29 is 9.13 Å². The van der Waals surface area contributed by atoms with E-state index in [9.17, 15) is 4.39 Å². The number of rotatable bonds is 1. The van der Waals surface area contributed by atoms with E-state index in [1.165, 1.54) is 13.2 Å². The Morgan fingerprint density at radius 3 is 3.00 bits per heavy atom. The fourth-order valence-corrected chi connectivity index (χ4v) is 0.656. The highest BCUT2D eigenvalue weighted by molar-refractivity contribution is 5.32. The predicted octanol–water partition coefficient (Wildman–Crippen LogP) is 1.21. The van der Waals surface area contributed by atoms with Crippen molar-refractivity contribution in [3.63, 3.8) is 0 Å². The zero-order chi connectivity index (χ0) is 8.27. The Kier molecular flexibility index (Phi) is 2.07. The number of ether oxygens (including phenoxy) is 1. The molecule has 0 saturated heterocycles. The summed E-state index contributed by atoms with van der Waals surface area (Å²) in [6.07, 6.45) is 6.07. The molecule has 3 heteroatoms. The Morgan fingerprint density at radius 1 is 1.73 bits per heavy atom. The van der Waals surface area contributed by atoms with Crippen molar-refractivity contribution >= 4 is 0 Å². The van der Waals surface area contributed by atoms with Gasteiger partial charge in [-0.3, -0.25) is 0 Å². The summed E-state index contributed by atoms with van der Waals surface area (Å²) in [5, 5.41) is 0. The maximum absolute atomic E-state index is 12.7. The van der Waals surface area contributed by atoms with E-state index in [1.807, 2.05) is 0 Å². The molecule has 1 aromatic heterocycles. The van der Waals surface area contributed by atoms with Crippen molar-refractivity contribution in [3.8, 4) is 18.1 Å². The second kappa shape index (κ2) is 3.02. The number of pyridine rings is 1. The summed E-state index contributed by atoms with van der Waals surface area (Å²) in [4.78, 5) is 3.61. The highest BCUT2D eigenvalue weighted by Crippen LogP contribution is 2.14. The van der Waals surface area contributed by atoms with E-state index in [0.29, 0.717) is 5.69 Å². The Bertz CT molecular complexity index is 303. The Balaban J connectivity index is 3.15. The minimum Gasteiger partial charge on any atom is -0.494 e. The van der Waals surface area contributed by atoms with Gasteiger partial charge >= 0.3 is 0 Å². The lowest BCUT2D eigenvalue weighted by Gasteiger charge is -1.99. The van der Waals surface area contributed by atoms with Crippen LogP contribution in [0.5, 0.6) is 5.75 Å². The molecule has 0 amide bonds. The standard InChI is InChI=1S/C8H6FNO/c1-3-6-4-8(11-2)7(9)5-10-6/h1,4-5H,2H3. The monoisotopic (exact) mass is 151 g/mol. The summed E-state index contributed by atoms with van der Waals surface area (Å²) in [5.41, 5.74) is 0.364. The zero-order valence-electron chi connectivity index (χ0n) is 5.97. The van der Waals surface area contributed by atoms with Crippen molar-refractivity contribution in [2.24, 2.45) is 0 Å². The first-order valence-electron chi connectivity index (χ1n) is 2.94. The van der Waals surface area contributed by atoms with Gasteiger partial charge in [0, 0.05) is 6.07 Å². The molecular weight excluding hydrogens is 145 g/mol. The van der Waals surface area contributed by atoms with Gasteiger partial charge in [-0.25, -0.2) is 9.37 Å². The van der Waals surface area contributed by atoms with Crippen LogP contribution in [-0.2, 0) is 0 Å². The first-order chi connectivity index (χ1) is 5.27. The number of hydrogen-bond acceptors (Lipinski definition) is 2. The SMILES string of the molecule is C#Cc1cc(OC)c(F)cn1. The number of hydrogen-bond donors (Lipinski definition) is 0. The summed E-state index contributed by atoms with van der Waals surface area (Å²) >= 11 is 0. The molecule has 1 rings (SSSR count). The van der Waals surface area contributed by atoms with Gasteiger partial charge in [0.15, 0.2) is 11.6 Å².